The second-order valence-corrected chi connectivity index (χ2v) is 15.5. The fourth-order valence-electron chi connectivity index (χ4n) is 10.9. The number of allylic oxidation sites excluding steroid dienone is 2. The van der Waals surface area contributed by atoms with Crippen LogP contribution in [0.15, 0.2) is 54.4 Å². The van der Waals surface area contributed by atoms with Crippen LogP contribution in [0, 0.1) is 36.7 Å². The number of ketones is 1. The third kappa shape index (κ3) is 5.91. The van der Waals surface area contributed by atoms with E-state index in [1.165, 1.54) is 106 Å². The van der Waals surface area contributed by atoms with Crippen molar-refractivity contribution in [3.8, 4) is 22.4 Å². The average molecular weight is 777 g/mol. The molecule has 0 aliphatic heterocycles. The molecule has 1 radical (unpaired) electrons. The molecule has 4 atom stereocenters. The number of nitrogens with zero attached hydrogens (tertiary/aromatic N) is 1. The summed E-state index contributed by atoms with van der Waals surface area (Å²) in [6.45, 7) is 5.13. The summed E-state index contributed by atoms with van der Waals surface area (Å²) in [7, 11) is 0. The van der Waals surface area contributed by atoms with E-state index < -0.39 is 0 Å². The Morgan fingerprint density at radius 3 is 1.80 bits per heavy atom. The van der Waals surface area contributed by atoms with E-state index in [-0.39, 0.29) is 31.6 Å². The smallest absolute Gasteiger partial charge is 0.155 e. The zero-order valence-electron chi connectivity index (χ0n) is 26.9. The monoisotopic (exact) mass is 777 g/mol. The Hall–Kier alpha value is -2.55. The minimum Gasteiger partial charge on any atom is -0.512 e. The van der Waals surface area contributed by atoms with Crippen molar-refractivity contribution < 1.29 is 30.0 Å². The average Bonchev–Trinajstić information content (AvgIpc) is 3.26. The number of pyridine rings is 1. The van der Waals surface area contributed by atoms with Gasteiger partial charge in [-0.1, -0.05) is 37.1 Å². The Morgan fingerprint density at radius 1 is 0.756 bits per heavy atom. The molecule has 8 aliphatic carbocycles. The van der Waals surface area contributed by atoms with Crippen molar-refractivity contribution in [1.29, 1.82) is 0 Å². The van der Waals surface area contributed by atoms with Crippen LogP contribution in [0.2, 0.25) is 0 Å². The van der Waals surface area contributed by atoms with Crippen LogP contribution in [0.25, 0.3) is 22.4 Å². The van der Waals surface area contributed by atoms with Crippen LogP contribution in [0.4, 0.5) is 0 Å². The molecule has 0 spiro atoms. The molecule has 8 aliphatic rings. The number of rotatable bonds is 3. The SMILES string of the molecule is CC(=O)C=C(C)O.Cc1cc(-c2[c-]cc3c(c2)C2CC4CC(CC3C4)C2)ncc1-c1ccc2c(c1)C1CC3CC(CC2C3)C1.[Ir]. The molecule has 3 aromatic rings. The van der Waals surface area contributed by atoms with Crippen LogP contribution in [-0.2, 0) is 24.9 Å². The summed E-state index contributed by atoms with van der Waals surface area (Å²) in [5, 5.41) is 8.36. The largest absolute Gasteiger partial charge is 0.512 e. The predicted octanol–water partition coefficient (Wildman–Crippen LogP) is 10.3. The molecule has 8 bridgehead atoms. The van der Waals surface area contributed by atoms with Crippen LogP contribution >= 0.6 is 0 Å². The molecule has 4 saturated carbocycles. The van der Waals surface area contributed by atoms with E-state index in [9.17, 15) is 4.79 Å². The van der Waals surface area contributed by atoms with Gasteiger partial charge in [0.05, 0.1) is 5.76 Å². The Balaban J connectivity index is 0.000000369. The Labute approximate surface area is 282 Å². The first-order valence-electron chi connectivity index (χ1n) is 17.3. The second-order valence-electron chi connectivity index (χ2n) is 15.5. The van der Waals surface area contributed by atoms with Crippen LogP contribution in [0.1, 0.15) is 130 Å². The summed E-state index contributed by atoms with van der Waals surface area (Å²) in [5.41, 5.74) is 12.9. The molecule has 3 nitrogen and oxygen atoms in total. The van der Waals surface area contributed by atoms with E-state index in [1.54, 1.807) is 22.3 Å². The van der Waals surface area contributed by atoms with Crippen molar-refractivity contribution in [2.75, 3.05) is 0 Å². The van der Waals surface area contributed by atoms with Crippen molar-refractivity contribution in [2.45, 2.75) is 109 Å². The van der Waals surface area contributed by atoms with Crippen molar-refractivity contribution in [3.05, 3.63) is 88.3 Å². The van der Waals surface area contributed by atoms with E-state index in [4.69, 9.17) is 10.1 Å². The Morgan fingerprint density at radius 2 is 1.29 bits per heavy atom. The molecular weight excluding hydrogens is 731 g/mol. The standard InChI is InChI=1S/C36H38N.C5H8O2.Ir/c1-20-6-36(26-3-5-32-28-11-23-8-24(12-28)16-30(15-23)34(32)18-26)37-19-35(20)25-2-4-31-27-9-21-7-22(10-27)14-29(13-21)33(31)17-25;1-4(6)3-5(2)7;/h2,4-6,17-19,21-24,27-30H,7-16H2,1H3;3,6H,1-2H3;/q-1;;. The molecule has 237 valence electrons. The summed E-state index contributed by atoms with van der Waals surface area (Å²) in [6, 6.07) is 18.3. The van der Waals surface area contributed by atoms with Crippen molar-refractivity contribution >= 4 is 5.78 Å². The topological polar surface area (TPSA) is 50.2 Å². The minimum absolute atomic E-state index is 0. The first kappa shape index (κ1) is 31.1. The molecule has 4 unspecified atom stereocenters. The van der Waals surface area contributed by atoms with Gasteiger partial charge >= 0.3 is 0 Å². The van der Waals surface area contributed by atoms with Gasteiger partial charge in [0.1, 0.15) is 0 Å². The Kier molecular flexibility index (Phi) is 8.45. The van der Waals surface area contributed by atoms with Crippen molar-refractivity contribution in [2.24, 2.45) is 23.7 Å². The van der Waals surface area contributed by atoms with Gasteiger partial charge in [0.2, 0.25) is 0 Å². The second kappa shape index (κ2) is 12.2. The molecule has 0 saturated heterocycles. The summed E-state index contributed by atoms with van der Waals surface area (Å²) < 4.78 is 0. The van der Waals surface area contributed by atoms with Gasteiger partial charge in [-0.3, -0.25) is 4.79 Å². The van der Waals surface area contributed by atoms with Gasteiger partial charge in [-0.05, 0) is 147 Å². The molecule has 1 heterocycles. The fraction of sp³-hybridized carbons (Fsp3) is 0.512. The van der Waals surface area contributed by atoms with E-state index in [1.807, 2.05) is 0 Å². The summed E-state index contributed by atoms with van der Waals surface area (Å²) in [5.74, 6) is 6.97. The molecule has 1 aromatic heterocycles. The predicted molar refractivity (Wildman–Crippen MR) is 177 cm³/mol. The molecule has 45 heavy (non-hydrogen) atoms. The van der Waals surface area contributed by atoms with E-state index in [0.29, 0.717) is 0 Å². The number of carbonyl (C=O) groups is 1. The first-order valence-corrected chi connectivity index (χ1v) is 17.3. The van der Waals surface area contributed by atoms with Gasteiger partial charge in [-0.25, -0.2) is 0 Å². The number of aromatic nitrogens is 1. The van der Waals surface area contributed by atoms with E-state index >= 15 is 0 Å². The van der Waals surface area contributed by atoms with E-state index in [0.717, 1.165) is 53.0 Å². The van der Waals surface area contributed by atoms with Gasteiger partial charge < -0.3 is 10.1 Å². The summed E-state index contributed by atoms with van der Waals surface area (Å²) >= 11 is 0. The molecule has 2 aromatic carbocycles. The van der Waals surface area contributed by atoms with Gasteiger partial charge in [0.15, 0.2) is 5.78 Å². The molecular formula is C41H46IrNO2-. The zero-order chi connectivity index (χ0) is 30.1. The normalized spacial score (nSPS) is 31.6. The third-order valence-electron chi connectivity index (χ3n) is 12.2. The molecule has 1 N–H and O–H groups in total. The van der Waals surface area contributed by atoms with Crippen molar-refractivity contribution in [3.63, 3.8) is 0 Å². The molecule has 4 fully saturated rings. The maximum absolute atomic E-state index is 10.0. The quantitative estimate of drug-likeness (QED) is 0.164. The zero-order valence-corrected chi connectivity index (χ0v) is 29.3. The van der Waals surface area contributed by atoms with Gasteiger partial charge in [-0.2, -0.15) is 0 Å². The summed E-state index contributed by atoms with van der Waals surface area (Å²) in [4.78, 5) is 15.1. The number of benzene rings is 2. The fourth-order valence-corrected chi connectivity index (χ4v) is 10.9. The Bertz CT molecular complexity index is 1630. The van der Waals surface area contributed by atoms with E-state index in [2.05, 4.69) is 55.6 Å². The number of carbonyl (C=O) groups excluding carboxylic acids is 1. The summed E-state index contributed by atoms with van der Waals surface area (Å²) in [6.07, 6.45) is 17.7. The maximum Gasteiger partial charge on any atom is 0.155 e. The molecule has 11 rings (SSSR count). The third-order valence-corrected chi connectivity index (χ3v) is 12.2. The first-order chi connectivity index (χ1) is 21.3. The molecule has 4 heteroatoms. The number of aliphatic hydroxyl groups excluding tert-OH is 1. The van der Waals surface area contributed by atoms with Gasteiger partial charge in [0, 0.05) is 37.9 Å². The number of hydrogen-bond acceptors (Lipinski definition) is 3. The van der Waals surface area contributed by atoms with Crippen LogP contribution < -0.4 is 0 Å². The van der Waals surface area contributed by atoms with Crippen LogP contribution in [0.5, 0.6) is 0 Å². The maximum atomic E-state index is 10.0. The van der Waals surface area contributed by atoms with Crippen LogP contribution in [-0.4, -0.2) is 15.9 Å². The van der Waals surface area contributed by atoms with Gasteiger partial charge in [-0.15, -0.1) is 34.9 Å². The molecule has 0 amide bonds. The van der Waals surface area contributed by atoms with Crippen LogP contribution in [0.3, 0.4) is 0 Å². The number of aryl methyl sites for hydroxylation is 1. The van der Waals surface area contributed by atoms with Gasteiger partial charge in [0.25, 0.3) is 0 Å². The minimum atomic E-state index is -0.125. The number of hydrogen-bond donors (Lipinski definition) is 1. The van der Waals surface area contributed by atoms with Crippen molar-refractivity contribution in [1.82, 2.24) is 4.98 Å². The number of aliphatic hydroxyl groups is 1.